The highest BCUT2D eigenvalue weighted by atomic mass is 16.5. The molecule has 4 atom stereocenters. The van der Waals surface area contributed by atoms with Crippen molar-refractivity contribution in [2.75, 3.05) is 13.2 Å². The number of aliphatic hydroxyl groups excluding tert-OH is 1. The maximum absolute atomic E-state index is 12.4. The second-order valence-electron chi connectivity index (χ2n) is 5.20. The van der Waals surface area contributed by atoms with Gasteiger partial charge in [-0.25, -0.2) is 4.79 Å². The van der Waals surface area contributed by atoms with Gasteiger partial charge in [-0.2, -0.15) is 0 Å². The summed E-state index contributed by atoms with van der Waals surface area (Å²) >= 11 is 0. The van der Waals surface area contributed by atoms with Gasteiger partial charge in [-0.05, 0) is 6.42 Å². The van der Waals surface area contributed by atoms with E-state index in [9.17, 15) is 19.5 Å². The number of carboxylic acid groups (broad SMARTS) is 2. The summed E-state index contributed by atoms with van der Waals surface area (Å²) in [5.74, 6) is -3.94. The first-order valence-corrected chi connectivity index (χ1v) is 6.53. The molecule has 0 unspecified atom stereocenters. The van der Waals surface area contributed by atoms with Gasteiger partial charge in [-0.3, -0.25) is 9.59 Å². The summed E-state index contributed by atoms with van der Waals surface area (Å²) in [7, 11) is 0. The molecule has 0 aromatic heterocycles. The van der Waals surface area contributed by atoms with Gasteiger partial charge in [0.25, 0.3) is 0 Å². The molecule has 2 fully saturated rings. The van der Waals surface area contributed by atoms with Crippen molar-refractivity contribution in [1.82, 2.24) is 4.90 Å². The fourth-order valence-electron chi connectivity index (χ4n) is 3.33. The Labute approximate surface area is 120 Å². The number of rotatable bonds is 6. The third-order valence-corrected chi connectivity index (χ3v) is 4.05. The number of carbonyl (C=O) groups is 3. The zero-order chi connectivity index (χ0) is 15.8. The molecule has 2 rings (SSSR count). The molecule has 0 bridgehead atoms. The van der Waals surface area contributed by atoms with Crippen LogP contribution < -0.4 is 0 Å². The molecule has 21 heavy (non-hydrogen) atoms. The van der Waals surface area contributed by atoms with Gasteiger partial charge >= 0.3 is 11.9 Å². The Hall–Kier alpha value is -1.93. The Kier molecular flexibility index (Phi) is 4.02. The normalized spacial score (nSPS) is 34.8. The van der Waals surface area contributed by atoms with Gasteiger partial charge in [0.2, 0.25) is 5.91 Å². The number of aliphatic hydroxyl groups is 1. The van der Waals surface area contributed by atoms with Crippen LogP contribution in [0.2, 0.25) is 0 Å². The number of ether oxygens (including phenoxy) is 1. The van der Waals surface area contributed by atoms with Gasteiger partial charge in [0.05, 0.1) is 25.0 Å². The maximum Gasteiger partial charge on any atom is 0.329 e. The number of nitrogens with zero attached hydrogens (tertiary/aromatic N) is 1. The molecule has 0 saturated carbocycles. The molecule has 3 N–H and O–H groups in total. The highest BCUT2D eigenvalue weighted by molar-refractivity contribution is 5.93. The van der Waals surface area contributed by atoms with Gasteiger partial charge < -0.3 is 25.0 Å². The fraction of sp³-hybridized carbons (Fsp3) is 0.615. The lowest BCUT2D eigenvalue weighted by Crippen LogP contribution is -2.53. The van der Waals surface area contributed by atoms with Crippen molar-refractivity contribution in [3.05, 3.63) is 12.7 Å². The van der Waals surface area contributed by atoms with E-state index in [0.29, 0.717) is 0 Å². The number of amides is 1. The number of carboxylic acids is 2. The van der Waals surface area contributed by atoms with Crippen LogP contribution in [0.15, 0.2) is 12.7 Å². The molecule has 0 aromatic rings. The molecule has 0 radical (unpaired) electrons. The summed E-state index contributed by atoms with van der Waals surface area (Å²) in [6, 6.07) is -1.43. The predicted octanol–water partition coefficient (Wildman–Crippen LogP) is -0.921. The Morgan fingerprint density at radius 1 is 1.48 bits per heavy atom. The summed E-state index contributed by atoms with van der Waals surface area (Å²) in [6.07, 6.45) is 0.481. The molecule has 2 aliphatic rings. The second kappa shape index (κ2) is 5.45. The van der Waals surface area contributed by atoms with Crippen LogP contribution in [0.4, 0.5) is 0 Å². The summed E-state index contributed by atoms with van der Waals surface area (Å²) in [5.41, 5.74) is -1.62. The van der Waals surface area contributed by atoms with Crippen molar-refractivity contribution < 1.29 is 34.4 Å². The number of fused-ring (bicyclic) bond motifs is 1. The zero-order valence-electron chi connectivity index (χ0n) is 11.3. The van der Waals surface area contributed by atoms with E-state index in [4.69, 9.17) is 14.9 Å². The predicted molar refractivity (Wildman–Crippen MR) is 68.4 cm³/mol. The van der Waals surface area contributed by atoms with E-state index in [1.807, 2.05) is 0 Å². The minimum atomic E-state index is -1.62. The van der Waals surface area contributed by atoms with E-state index in [0.717, 1.165) is 4.90 Å². The van der Waals surface area contributed by atoms with E-state index in [1.54, 1.807) is 0 Å². The summed E-state index contributed by atoms with van der Waals surface area (Å²) in [4.78, 5) is 36.1. The van der Waals surface area contributed by atoms with Crippen molar-refractivity contribution >= 4 is 17.8 Å². The summed E-state index contributed by atoms with van der Waals surface area (Å²) in [6.45, 7) is 2.97. The lowest BCUT2D eigenvalue weighted by molar-refractivity contribution is -0.161. The Morgan fingerprint density at radius 2 is 2.14 bits per heavy atom. The van der Waals surface area contributed by atoms with E-state index >= 15 is 0 Å². The molecule has 2 aliphatic heterocycles. The van der Waals surface area contributed by atoms with Crippen LogP contribution in [-0.2, 0) is 19.1 Å². The molecule has 0 aromatic carbocycles. The average molecular weight is 299 g/mol. The van der Waals surface area contributed by atoms with Crippen molar-refractivity contribution in [2.24, 2.45) is 5.92 Å². The lowest BCUT2D eigenvalue weighted by Gasteiger charge is -2.33. The van der Waals surface area contributed by atoms with Crippen molar-refractivity contribution in [3.8, 4) is 0 Å². The van der Waals surface area contributed by atoms with Crippen LogP contribution in [-0.4, -0.2) is 69.0 Å². The molecule has 8 nitrogen and oxygen atoms in total. The standard InChI is InChI=1S/C13H17NO7/c1-2-7-5-8-11(18)14(3-4-15)10(12(19)20)13(8,21-7)6-9(16)17/h2,7-8,10,15H,1,3-6H2,(H,16,17)(H,19,20)/t7-,8+,10-,13+/m1/s1. The number of likely N-dealkylation sites (tertiary alicyclic amines) is 1. The van der Waals surface area contributed by atoms with Gasteiger partial charge in [-0.1, -0.05) is 6.08 Å². The van der Waals surface area contributed by atoms with Gasteiger partial charge in [-0.15, -0.1) is 6.58 Å². The first-order valence-electron chi connectivity index (χ1n) is 6.53. The third-order valence-electron chi connectivity index (χ3n) is 4.05. The second-order valence-corrected chi connectivity index (χ2v) is 5.20. The molecular formula is C13H17NO7. The quantitative estimate of drug-likeness (QED) is 0.542. The van der Waals surface area contributed by atoms with Crippen LogP contribution in [0.1, 0.15) is 12.8 Å². The Bertz CT molecular complexity index is 491. The monoisotopic (exact) mass is 299 g/mol. The largest absolute Gasteiger partial charge is 0.481 e. The first-order chi connectivity index (χ1) is 9.87. The number of hydrogen-bond donors (Lipinski definition) is 3. The highest BCUT2D eigenvalue weighted by Crippen LogP contribution is 2.49. The maximum atomic E-state index is 12.4. The van der Waals surface area contributed by atoms with E-state index in [1.165, 1.54) is 6.08 Å². The fourth-order valence-corrected chi connectivity index (χ4v) is 3.33. The molecule has 8 heteroatoms. The van der Waals surface area contributed by atoms with E-state index in [2.05, 4.69) is 6.58 Å². The van der Waals surface area contributed by atoms with Crippen molar-refractivity contribution in [2.45, 2.75) is 30.6 Å². The zero-order valence-corrected chi connectivity index (χ0v) is 11.3. The SMILES string of the molecule is C=C[C@@H]1C[C@H]2C(=O)N(CCO)[C@H](C(=O)O)[C@@]2(CC(=O)O)O1. The smallest absolute Gasteiger partial charge is 0.329 e. The first kappa shape index (κ1) is 15.5. The number of carbonyl (C=O) groups excluding carboxylic acids is 1. The van der Waals surface area contributed by atoms with Crippen molar-refractivity contribution in [1.29, 1.82) is 0 Å². The summed E-state index contributed by atoms with van der Waals surface area (Å²) in [5, 5.41) is 27.5. The van der Waals surface area contributed by atoms with Gasteiger partial charge in [0.1, 0.15) is 5.60 Å². The molecular weight excluding hydrogens is 282 g/mol. The van der Waals surface area contributed by atoms with Gasteiger partial charge in [0.15, 0.2) is 6.04 Å². The molecule has 0 aliphatic carbocycles. The summed E-state index contributed by atoms with van der Waals surface area (Å²) < 4.78 is 5.63. The van der Waals surface area contributed by atoms with E-state index in [-0.39, 0.29) is 13.0 Å². The Morgan fingerprint density at radius 3 is 2.62 bits per heavy atom. The van der Waals surface area contributed by atoms with Crippen LogP contribution in [0, 0.1) is 5.92 Å². The number of β-amino-alcohol motifs (C(OH)–C–C–N with tert-alkyl or cyclic N) is 1. The topological polar surface area (TPSA) is 124 Å². The van der Waals surface area contributed by atoms with Crippen LogP contribution >= 0.6 is 0 Å². The minimum Gasteiger partial charge on any atom is -0.481 e. The highest BCUT2D eigenvalue weighted by Gasteiger charge is 2.67. The third kappa shape index (κ3) is 2.30. The number of hydrogen-bond acceptors (Lipinski definition) is 5. The van der Waals surface area contributed by atoms with E-state index < -0.39 is 54.5 Å². The molecule has 1 amide bonds. The molecule has 2 heterocycles. The molecule has 0 spiro atoms. The Balaban J connectivity index is 2.48. The average Bonchev–Trinajstić information content (AvgIpc) is 2.83. The van der Waals surface area contributed by atoms with Crippen molar-refractivity contribution in [3.63, 3.8) is 0 Å². The van der Waals surface area contributed by atoms with Gasteiger partial charge in [0, 0.05) is 6.54 Å². The molecule has 116 valence electrons. The van der Waals surface area contributed by atoms with Crippen LogP contribution in [0.3, 0.4) is 0 Å². The number of aliphatic carboxylic acids is 2. The molecule has 2 saturated heterocycles. The minimum absolute atomic E-state index is 0.171. The lowest BCUT2D eigenvalue weighted by atomic mass is 9.82. The van der Waals surface area contributed by atoms with Crippen LogP contribution in [0.25, 0.3) is 0 Å². The van der Waals surface area contributed by atoms with Crippen LogP contribution in [0.5, 0.6) is 0 Å².